The zero-order chi connectivity index (χ0) is 14.9. The summed E-state index contributed by atoms with van der Waals surface area (Å²) in [6.07, 6.45) is 9.21. The Kier molecular flexibility index (Phi) is 3.35. The molecule has 4 rings (SSSR count). The molecule has 112 valence electrons. The number of likely N-dealkylation sites (tertiary alicyclic amines) is 1. The Morgan fingerprint density at radius 3 is 2.95 bits per heavy atom. The molecule has 0 aliphatic carbocycles. The summed E-state index contributed by atoms with van der Waals surface area (Å²) in [5, 5.41) is 0. The van der Waals surface area contributed by atoms with Crippen LogP contribution in [-0.4, -0.2) is 38.0 Å². The maximum atomic E-state index is 4.86. The van der Waals surface area contributed by atoms with Gasteiger partial charge in [-0.15, -0.1) is 0 Å². The van der Waals surface area contributed by atoms with Crippen molar-refractivity contribution < 1.29 is 0 Å². The van der Waals surface area contributed by atoms with Gasteiger partial charge in [-0.05, 0) is 38.6 Å². The van der Waals surface area contributed by atoms with Gasteiger partial charge in [0.25, 0.3) is 0 Å². The minimum Gasteiger partial charge on any atom is -0.298 e. The van der Waals surface area contributed by atoms with Crippen LogP contribution in [0.15, 0.2) is 43.0 Å². The highest BCUT2D eigenvalue weighted by Gasteiger charge is 2.22. The molecule has 1 fully saturated rings. The molecule has 1 aliphatic rings. The van der Waals surface area contributed by atoms with E-state index in [-0.39, 0.29) is 0 Å². The fourth-order valence-corrected chi connectivity index (χ4v) is 3.24. The van der Waals surface area contributed by atoms with E-state index >= 15 is 0 Å². The summed E-state index contributed by atoms with van der Waals surface area (Å²) in [4.78, 5) is 16.1. The number of para-hydroxylation sites is 2. The molecule has 1 atom stereocenters. The molecular weight excluding hydrogens is 274 g/mol. The number of rotatable bonds is 2. The molecule has 1 aromatic carbocycles. The van der Waals surface area contributed by atoms with Crippen LogP contribution in [0.1, 0.15) is 31.0 Å². The molecular formula is C17H19N5. The summed E-state index contributed by atoms with van der Waals surface area (Å²) in [5.41, 5.74) is 3.09. The van der Waals surface area contributed by atoms with E-state index in [0.717, 1.165) is 35.5 Å². The fourth-order valence-electron chi connectivity index (χ4n) is 3.24. The van der Waals surface area contributed by atoms with Gasteiger partial charge in [-0.3, -0.25) is 14.5 Å². The van der Waals surface area contributed by atoms with E-state index in [9.17, 15) is 0 Å². The lowest BCUT2D eigenvalue weighted by Gasteiger charge is -2.31. The Hall–Kier alpha value is -2.27. The number of imidazole rings is 1. The molecule has 0 saturated carbocycles. The Morgan fingerprint density at radius 1 is 1.14 bits per heavy atom. The van der Waals surface area contributed by atoms with Crippen LogP contribution in [0.4, 0.5) is 0 Å². The minimum absolute atomic E-state index is 0.371. The van der Waals surface area contributed by atoms with Crippen LogP contribution in [0.2, 0.25) is 0 Å². The van der Waals surface area contributed by atoms with Crippen molar-refractivity contribution >= 4 is 11.0 Å². The lowest BCUT2D eigenvalue weighted by Crippen LogP contribution is -2.30. The molecule has 5 nitrogen and oxygen atoms in total. The third-order valence-electron chi connectivity index (χ3n) is 4.45. The summed E-state index contributed by atoms with van der Waals surface area (Å²) in [5.74, 6) is 0.838. The summed E-state index contributed by atoms with van der Waals surface area (Å²) in [6.45, 7) is 1.13. The molecule has 0 spiro atoms. The van der Waals surface area contributed by atoms with Gasteiger partial charge in [-0.25, -0.2) is 9.97 Å². The summed E-state index contributed by atoms with van der Waals surface area (Å²) >= 11 is 0. The van der Waals surface area contributed by atoms with E-state index in [4.69, 9.17) is 4.98 Å². The first-order valence-electron chi connectivity index (χ1n) is 7.77. The minimum atomic E-state index is 0.371. The molecule has 0 amide bonds. The van der Waals surface area contributed by atoms with E-state index < -0.39 is 0 Å². The van der Waals surface area contributed by atoms with Crippen LogP contribution >= 0.6 is 0 Å². The molecule has 1 saturated heterocycles. The largest absolute Gasteiger partial charge is 0.298 e. The first kappa shape index (κ1) is 13.4. The molecule has 22 heavy (non-hydrogen) atoms. The highest BCUT2D eigenvalue weighted by atomic mass is 15.2. The van der Waals surface area contributed by atoms with Gasteiger partial charge in [0.05, 0.1) is 35.2 Å². The lowest BCUT2D eigenvalue weighted by atomic mass is 10.0. The van der Waals surface area contributed by atoms with Crippen LogP contribution in [-0.2, 0) is 0 Å². The van der Waals surface area contributed by atoms with E-state index in [1.807, 2.05) is 35.3 Å². The van der Waals surface area contributed by atoms with Crippen LogP contribution < -0.4 is 0 Å². The molecule has 3 heterocycles. The van der Waals surface area contributed by atoms with Crippen LogP contribution in [0.25, 0.3) is 16.9 Å². The summed E-state index contributed by atoms with van der Waals surface area (Å²) in [7, 11) is 2.17. The molecule has 1 aliphatic heterocycles. The first-order chi connectivity index (χ1) is 10.8. The number of fused-ring (bicyclic) bond motifs is 1. The lowest BCUT2D eigenvalue weighted by molar-refractivity contribution is 0.183. The van der Waals surface area contributed by atoms with Gasteiger partial charge in [0.2, 0.25) is 0 Å². The maximum absolute atomic E-state index is 4.86. The zero-order valence-corrected chi connectivity index (χ0v) is 12.7. The monoisotopic (exact) mass is 293 g/mol. The van der Waals surface area contributed by atoms with Crippen molar-refractivity contribution in [1.82, 2.24) is 24.4 Å². The van der Waals surface area contributed by atoms with E-state index in [1.165, 1.54) is 12.8 Å². The number of benzene rings is 1. The summed E-state index contributed by atoms with van der Waals surface area (Å²) < 4.78 is 2.01. The molecule has 0 bridgehead atoms. The van der Waals surface area contributed by atoms with Gasteiger partial charge < -0.3 is 0 Å². The van der Waals surface area contributed by atoms with Crippen LogP contribution in [0.3, 0.4) is 0 Å². The van der Waals surface area contributed by atoms with Gasteiger partial charge in [0.15, 0.2) is 5.82 Å². The van der Waals surface area contributed by atoms with E-state index in [2.05, 4.69) is 28.0 Å². The van der Waals surface area contributed by atoms with Crippen molar-refractivity contribution in [2.45, 2.75) is 25.3 Å². The molecule has 0 N–H and O–H groups in total. The third kappa shape index (κ3) is 2.27. The maximum Gasteiger partial charge on any atom is 0.157 e. The number of hydrogen-bond acceptors (Lipinski definition) is 4. The number of piperidine rings is 1. The van der Waals surface area contributed by atoms with E-state index in [0.29, 0.717) is 6.04 Å². The zero-order valence-electron chi connectivity index (χ0n) is 12.7. The van der Waals surface area contributed by atoms with Crippen LogP contribution in [0.5, 0.6) is 0 Å². The SMILES string of the molecule is CN1CCCCC1c1cncc(-n2cnc3ccccc32)n1. The van der Waals surface area contributed by atoms with Gasteiger partial charge in [0.1, 0.15) is 6.33 Å². The second-order valence-corrected chi connectivity index (χ2v) is 5.90. The predicted octanol–water partition coefficient (Wildman–Crippen LogP) is 2.97. The van der Waals surface area contributed by atoms with Gasteiger partial charge in [0, 0.05) is 0 Å². The Balaban J connectivity index is 1.75. The Morgan fingerprint density at radius 2 is 2.05 bits per heavy atom. The van der Waals surface area contributed by atoms with Gasteiger partial charge >= 0.3 is 0 Å². The molecule has 5 heteroatoms. The quantitative estimate of drug-likeness (QED) is 0.729. The Bertz CT molecular complexity index is 794. The third-order valence-corrected chi connectivity index (χ3v) is 4.45. The Labute approximate surface area is 129 Å². The number of nitrogens with zero attached hydrogens (tertiary/aromatic N) is 5. The fraction of sp³-hybridized carbons (Fsp3) is 0.353. The number of aromatic nitrogens is 4. The van der Waals surface area contributed by atoms with Crippen molar-refractivity contribution in [3.05, 3.63) is 48.7 Å². The highest BCUT2D eigenvalue weighted by molar-refractivity contribution is 5.76. The highest BCUT2D eigenvalue weighted by Crippen LogP contribution is 2.28. The summed E-state index contributed by atoms with van der Waals surface area (Å²) in [6, 6.07) is 8.46. The number of hydrogen-bond donors (Lipinski definition) is 0. The standard InChI is InChI=1S/C17H19N5/c1-21-9-5-4-7-15(21)14-10-18-11-17(20-14)22-12-19-13-6-2-3-8-16(13)22/h2-3,6,8,10-12,15H,4-5,7,9H2,1H3. The predicted molar refractivity (Wildman–Crippen MR) is 85.9 cm³/mol. The average Bonchev–Trinajstić information content (AvgIpc) is 2.99. The van der Waals surface area contributed by atoms with Crippen molar-refractivity contribution in [3.63, 3.8) is 0 Å². The normalized spacial score (nSPS) is 19.6. The average molecular weight is 293 g/mol. The van der Waals surface area contributed by atoms with Gasteiger partial charge in [-0.1, -0.05) is 18.6 Å². The second kappa shape index (κ2) is 5.50. The van der Waals surface area contributed by atoms with Gasteiger partial charge in [-0.2, -0.15) is 0 Å². The van der Waals surface area contributed by atoms with Crippen molar-refractivity contribution in [1.29, 1.82) is 0 Å². The van der Waals surface area contributed by atoms with Crippen molar-refractivity contribution in [2.24, 2.45) is 0 Å². The molecule has 3 aromatic rings. The molecule has 0 radical (unpaired) electrons. The smallest absolute Gasteiger partial charge is 0.157 e. The van der Waals surface area contributed by atoms with Crippen molar-refractivity contribution in [2.75, 3.05) is 13.6 Å². The second-order valence-electron chi connectivity index (χ2n) is 5.90. The first-order valence-corrected chi connectivity index (χ1v) is 7.77. The van der Waals surface area contributed by atoms with Crippen molar-refractivity contribution in [3.8, 4) is 5.82 Å². The topological polar surface area (TPSA) is 46.8 Å². The van der Waals surface area contributed by atoms with Crippen LogP contribution in [0, 0.1) is 0 Å². The van der Waals surface area contributed by atoms with E-state index in [1.54, 1.807) is 6.20 Å². The molecule has 1 unspecified atom stereocenters. The molecule has 2 aromatic heterocycles.